The van der Waals surface area contributed by atoms with E-state index in [9.17, 15) is 0 Å². The molecule has 9 nitrogen and oxygen atoms in total. The Morgan fingerprint density at radius 3 is 1.45 bits per heavy atom. The first-order valence-corrected chi connectivity index (χ1v) is 16.3. The minimum atomic E-state index is 0.349. The predicted molar refractivity (Wildman–Crippen MR) is 165 cm³/mol. The molecule has 4 fully saturated rings. The largest absolute Gasteiger partial charge is 0.396 e. The minimum absolute atomic E-state index is 0.349. The molecule has 0 radical (unpaired) electrons. The Kier molecular flexibility index (Phi) is 11.4. The second-order valence-electron chi connectivity index (χ2n) is 12.9. The second-order valence-corrected chi connectivity index (χ2v) is 12.9. The van der Waals surface area contributed by atoms with Gasteiger partial charge < -0.3 is 24.4 Å². The summed E-state index contributed by atoms with van der Waals surface area (Å²) in [5.74, 6) is 7.23. The topological polar surface area (TPSA) is 96.7 Å². The van der Waals surface area contributed by atoms with Gasteiger partial charge in [0.1, 0.15) is 0 Å². The van der Waals surface area contributed by atoms with Crippen LogP contribution < -0.4 is 9.80 Å². The molecule has 0 bridgehead atoms. The Bertz CT molecular complexity index is 969. The summed E-state index contributed by atoms with van der Waals surface area (Å²) in [7, 11) is 3.38. The van der Waals surface area contributed by atoms with E-state index in [1.165, 1.54) is 51.4 Å². The molecular weight excluding hydrogens is 528 g/mol. The van der Waals surface area contributed by atoms with Gasteiger partial charge in [-0.25, -0.2) is 19.9 Å². The van der Waals surface area contributed by atoms with Crippen LogP contribution in [0.1, 0.15) is 75.8 Å². The van der Waals surface area contributed by atoms with Crippen molar-refractivity contribution in [1.29, 1.82) is 0 Å². The number of nitrogens with zero attached hydrogens (tertiary/aromatic N) is 6. The molecule has 2 saturated carbocycles. The summed E-state index contributed by atoms with van der Waals surface area (Å²) >= 11 is 0. The molecule has 6 rings (SSSR count). The molecule has 0 unspecified atom stereocenters. The van der Waals surface area contributed by atoms with Crippen LogP contribution in [0.25, 0.3) is 0 Å². The highest BCUT2D eigenvalue weighted by molar-refractivity contribution is 5.31. The first-order chi connectivity index (χ1) is 20.6. The fraction of sp³-hybridized carbons (Fsp3) is 0.758. The molecule has 1 N–H and O–H groups in total. The third-order valence-electron chi connectivity index (χ3n) is 9.98. The van der Waals surface area contributed by atoms with Crippen molar-refractivity contribution in [1.82, 2.24) is 19.9 Å². The van der Waals surface area contributed by atoms with Gasteiger partial charge in [0.05, 0.1) is 13.2 Å². The average molecular weight is 581 g/mol. The monoisotopic (exact) mass is 580 g/mol. The zero-order valence-corrected chi connectivity index (χ0v) is 26.0. The molecule has 2 aromatic heterocycles. The van der Waals surface area contributed by atoms with Gasteiger partial charge in [0, 0.05) is 82.9 Å². The number of rotatable bonds is 12. The Labute approximate surface area is 252 Å². The van der Waals surface area contributed by atoms with Gasteiger partial charge >= 0.3 is 0 Å². The van der Waals surface area contributed by atoms with E-state index >= 15 is 0 Å². The highest BCUT2D eigenvalue weighted by Crippen LogP contribution is 2.51. The highest BCUT2D eigenvalue weighted by Gasteiger charge is 2.43. The van der Waals surface area contributed by atoms with E-state index in [0.717, 1.165) is 91.1 Å². The van der Waals surface area contributed by atoms with Crippen LogP contribution in [0.4, 0.5) is 11.9 Å². The molecule has 4 heterocycles. The Hall–Kier alpha value is -2.36. The van der Waals surface area contributed by atoms with E-state index in [1.807, 2.05) is 24.8 Å². The SMILES string of the molecule is CCC[C@H]1C[C@@H]1C1CCN(c2ncc(COC)cn2)CC1.COCc1cnc(N2CCC([C@H]3C[C@@H]3CCO)CC2)nc1. The molecule has 2 aromatic rings. The lowest BCUT2D eigenvalue weighted by atomic mass is 9.90. The third kappa shape index (κ3) is 8.38. The Morgan fingerprint density at radius 2 is 1.10 bits per heavy atom. The maximum atomic E-state index is 9.01. The van der Waals surface area contributed by atoms with Crippen molar-refractivity contribution in [3.63, 3.8) is 0 Å². The van der Waals surface area contributed by atoms with Crippen molar-refractivity contribution in [2.24, 2.45) is 35.5 Å². The summed E-state index contributed by atoms with van der Waals surface area (Å²) in [4.78, 5) is 22.5. The number of ether oxygens (including phenoxy) is 2. The van der Waals surface area contributed by atoms with Crippen molar-refractivity contribution < 1.29 is 14.6 Å². The van der Waals surface area contributed by atoms with Crippen LogP contribution in [0.2, 0.25) is 0 Å². The number of hydrogen-bond donors (Lipinski definition) is 1. The third-order valence-corrected chi connectivity index (χ3v) is 9.98. The van der Waals surface area contributed by atoms with E-state index < -0.39 is 0 Å². The fourth-order valence-corrected chi connectivity index (χ4v) is 7.46. The van der Waals surface area contributed by atoms with Crippen LogP contribution in [0.5, 0.6) is 0 Å². The van der Waals surface area contributed by atoms with E-state index in [2.05, 4.69) is 36.7 Å². The fourth-order valence-electron chi connectivity index (χ4n) is 7.46. The van der Waals surface area contributed by atoms with Crippen molar-refractivity contribution in [2.45, 2.75) is 77.9 Å². The summed E-state index contributed by atoms with van der Waals surface area (Å²) in [6.07, 6.45) is 19.2. The van der Waals surface area contributed by atoms with Crippen LogP contribution in [0.3, 0.4) is 0 Å². The molecule has 2 aliphatic carbocycles. The van der Waals surface area contributed by atoms with Gasteiger partial charge in [-0.2, -0.15) is 0 Å². The predicted octanol–water partition coefficient (Wildman–Crippen LogP) is 5.13. The molecule has 2 saturated heterocycles. The number of piperidine rings is 2. The van der Waals surface area contributed by atoms with Crippen molar-refractivity contribution >= 4 is 11.9 Å². The maximum absolute atomic E-state index is 9.01. The summed E-state index contributed by atoms with van der Waals surface area (Å²) < 4.78 is 10.2. The molecular formula is C33H52N6O3. The van der Waals surface area contributed by atoms with Gasteiger partial charge in [0.15, 0.2) is 0 Å². The van der Waals surface area contributed by atoms with Gasteiger partial charge in [-0.1, -0.05) is 19.8 Å². The van der Waals surface area contributed by atoms with Crippen LogP contribution in [-0.4, -0.2) is 72.0 Å². The number of aromatic nitrogens is 4. The lowest BCUT2D eigenvalue weighted by molar-refractivity contribution is 0.184. The first-order valence-electron chi connectivity index (χ1n) is 16.3. The van der Waals surface area contributed by atoms with Crippen LogP contribution in [0.15, 0.2) is 24.8 Å². The summed E-state index contributed by atoms with van der Waals surface area (Å²) in [5.41, 5.74) is 2.05. The Balaban J connectivity index is 0.000000168. The molecule has 4 aliphatic rings. The molecule has 0 aromatic carbocycles. The lowest BCUT2D eigenvalue weighted by Gasteiger charge is -2.32. The molecule has 42 heavy (non-hydrogen) atoms. The lowest BCUT2D eigenvalue weighted by Crippen LogP contribution is -2.35. The minimum Gasteiger partial charge on any atom is -0.396 e. The van der Waals surface area contributed by atoms with Gasteiger partial charge in [0.2, 0.25) is 11.9 Å². The van der Waals surface area contributed by atoms with Crippen molar-refractivity contribution in [3.8, 4) is 0 Å². The molecule has 2 aliphatic heterocycles. The van der Waals surface area contributed by atoms with Crippen molar-refractivity contribution in [2.75, 3.05) is 56.8 Å². The average Bonchev–Trinajstić information content (AvgIpc) is 3.96. The zero-order valence-electron chi connectivity index (χ0n) is 26.0. The number of aliphatic hydroxyl groups is 1. The van der Waals surface area contributed by atoms with E-state index in [1.54, 1.807) is 14.2 Å². The van der Waals surface area contributed by atoms with E-state index in [-0.39, 0.29) is 0 Å². The Morgan fingerprint density at radius 1 is 0.690 bits per heavy atom. The van der Waals surface area contributed by atoms with E-state index in [4.69, 9.17) is 14.6 Å². The number of methoxy groups -OCH3 is 2. The smallest absolute Gasteiger partial charge is 0.225 e. The normalized spacial score (nSPS) is 26.1. The standard InChI is InChI=1S/C17H27N3O.C16H25N3O2/c1-3-4-15-9-16(15)14-5-7-20(8-6-14)17-18-10-13(11-19-17)12-21-2;1-21-11-12-9-17-16(18-10-12)19-5-2-13(3-6-19)15-8-14(15)4-7-20/h10-11,14-16H,3-9,12H2,1-2H3;9-10,13-15,20H,2-8,11H2,1H3/t15-,16+;14-,15+/m00/s1. The van der Waals surface area contributed by atoms with Crippen LogP contribution in [-0.2, 0) is 22.7 Å². The molecule has 9 heteroatoms. The summed E-state index contributed by atoms with van der Waals surface area (Å²) in [6.45, 7) is 8.14. The van der Waals surface area contributed by atoms with Crippen LogP contribution >= 0.6 is 0 Å². The zero-order chi connectivity index (χ0) is 29.3. The molecule has 4 atom stereocenters. The number of anilines is 2. The summed E-state index contributed by atoms with van der Waals surface area (Å²) in [5, 5.41) is 9.01. The molecule has 0 spiro atoms. The van der Waals surface area contributed by atoms with Gasteiger partial charge in [0.25, 0.3) is 0 Å². The highest BCUT2D eigenvalue weighted by atomic mass is 16.5. The van der Waals surface area contributed by atoms with E-state index in [0.29, 0.717) is 19.8 Å². The maximum Gasteiger partial charge on any atom is 0.225 e. The van der Waals surface area contributed by atoms with Crippen LogP contribution in [0, 0.1) is 35.5 Å². The molecule has 232 valence electrons. The second kappa shape index (κ2) is 15.4. The van der Waals surface area contributed by atoms with Gasteiger partial charge in [-0.05, 0) is 80.5 Å². The summed E-state index contributed by atoms with van der Waals surface area (Å²) in [6, 6.07) is 0. The van der Waals surface area contributed by atoms with Gasteiger partial charge in [-0.3, -0.25) is 0 Å². The number of hydrogen-bond acceptors (Lipinski definition) is 9. The quantitative estimate of drug-likeness (QED) is 0.366. The van der Waals surface area contributed by atoms with Crippen molar-refractivity contribution in [3.05, 3.63) is 35.9 Å². The molecule has 0 amide bonds. The number of aliphatic hydroxyl groups excluding tert-OH is 1. The van der Waals surface area contributed by atoms with Gasteiger partial charge in [-0.15, -0.1) is 0 Å². The first kappa shape index (κ1) is 31.1.